The molecule has 1 aromatic heterocycles. The number of carbonyl (C=O) groups is 1. The molecule has 23 heavy (non-hydrogen) atoms. The maximum atomic E-state index is 11.9. The van der Waals surface area contributed by atoms with Crippen molar-refractivity contribution in [2.24, 2.45) is 0 Å². The van der Waals surface area contributed by atoms with Gasteiger partial charge in [0.05, 0.1) is 19.8 Å². The monoisotopic (exact) mass is 335 g/mol. The molecule has 0 radical (unpaired) electrons. The van der Waals surface area contributed by atoms with E-state index in [2.05, 4.69) is 15.6 Å². The van der Waals surface area contributed by atoms with Gasteiger partial charge in [0.1, 0.15) is 0 Å². The average molecular weight is 335 g/mol. The van der Waals surface area contributed by atoms with E-state index in [4.69, 9.17) is 9.47 Å². The highest BCUT2D eigenvalue weighted by Crippen LogP contribution is 2.30. The Hall–Kier alpha value is -2.28. The number of rotatable bonds is 7. The molecule has 2 N–H and O–H groups in total. The molecule has 0 saturated carbocycles. The fraction of sp³-hybridized carbons (Fsp3) is 0.375. The van der Waals surface area contributed by atoms with E-state index < -0.39 is 0 Å². The van der Waals surface area contributed by atoms with Gasteiger partial charge in [0.25, 0.3) is 0 Å². The highest BCUT2D eigenvalue weighted by atomic mass is 32.1. The molecular weight excluding hydrogens is 314 g/mol. The number of hydrogen-bond donors (Lipinski definition) is 2. The number of amides is 2. The van der Waals surface area contributed by atoms with Crippen molar-refractivity contribution in [3.63, 3.8) is 0 Å². The number of methoxy groups -OCH3 is 1. The second-order valence-electron chi connectivity index (χ2n) is 4.92. The maximum Gasteiger partial charge on any atom is 0.321 e. The zero-order valence-electron chi connectivity index (χ0n) is 13.5. The summed E-state index contributed by atoms with van der Waals surface area (Å²) in [5, 5.41) is 7.93. The molecule has 0 spiro atoms. The third-order valence-electron chi connectivity index (χ3n) is 3.15. The molecule has 2 rings (SSSR count). The van der Waals surface area contributed by atoms with Crippen LogP contribution >= 0.6 is 11.3 Å². The van der Waals surface area contributed by atoms with Gasteiger partial charge in [-0.15, -0.1) is 11.3 Å². The van der Waals surface area contributed by atoms with E-state index in [0.29, 0.717) is 23.2 Å². The second-order valence-corrected chi connectivity index (χ2v) is 5.81. The summed E-state index contributed by atoms with van der Waals surface area (Å²) in [5.74, 6) is 1.36. The van der Waals surface area contributed by atoms with Gasteiger partial charge in [-0.3, -0.25) is 5.32 Å². The lowest BCUT2D eigenvalue weighted by molar-refractivity contribution is 0.249. The van der Waals surface area contributed by atoms with Crippen molar-refractivity contribution < 1.29 is 14.3 Å². The third-order valence-corrected chi connectivity index (χ3v) is 3.84. The molecule has 7 heteroatoms. The van der Waals surface area contributed by atoms with E-state index in [1.807, 2.05) is 32.0 Å². The van der Waals surface area contributed by atoms with Gasteiger partial charge in [0.2, 0.25) is 0 Å². The number of thiazole rings is 1. The van der Waals surface area contributed by atoms with Crippen LogP contribution in [0.5, 0.6) is 11.5 Å². The molecule has 0 saturated heterocycles. The van der Waals surface area contributed by atoms with Gasteiger partial charge in [0, 0.05) is 11.6 Å². The Morgan fingerprint density at radius 1 is 1.39 bits per heavy atom. The number of anilines is 1. The number of aromatic nitrogens is 1. The normalized spacial score (nSPS) is 11.6. The van der Waals surface area contributed by atoms with Crippen LogP contribution in [-0.4, -0.2) is 24.7 Å². The zero-order chi connectivity index (χ0) is 16.7. The van der Waals surface area contributed by atoms with Gasteiger partial charge in [-0.2, -0.15) is 0 Å². The number of benzene rings is 1. The lowest BCUT2D eigenvalue weighted by Gasteiger charge is -2.17. The molecule has 0 unspecified atom stereocenters. The molecule has 124 valence electrons. The largest absolute Gasteiger partial charge is 0.493 e. The lowest BCUT2D eigenvalue weighted by atomic mass is 10.1. The summed E-state index contributed by atoms with van der Waals surface area (Å²) in [6.45, 7) is 4.59. The van der Waals surface area contributed by atoms with Crippen LogP contribution in [0.2, 0.25) is 0 Å². The highest BCUT2D eigenvalue weighted by Gasteiger charge is 2.13. The van der Waals surface area contributed by atoms with E-state index in [1.165, 1.54) is 11.3 Å². The lowest BCUT2D eigenvalue weighted by Crippen LogP contribution is -2.31. The summed E-state index contributed by atoms with van der Waals surface area (Å²) < 4.78 is 11.0. The first-order chi connectivity index (χ1) is 11.1. The number of carbonyl (C=O) groups excluding carboxylic acids is 1. The Kier molecular flexibility index (Phi) is 6.22. The Bertz CT molecular complexity index is 632. The van der Waals surface area contributed by atoms with Crippen molar-refractivity contribution in [1.29, 1.82) is 0 Å². The number of hydrogen-bond acceptors (Lipinski definition) is 5. The van der Waals surface area contributed by atoms with Gasteiger partial charge in [-0.25, -0.2) is 9.78 Å². The van der Waals surface area contributed by atoms with Crippen molar-refractivity contribution in [1.82, 2.24) is 10.3 Å². The van der Waals surface area contributed by atoms with E-state index in [9.17, 15) is 4.79 Å². The minimum Gasteiger partial charge on any atom is -0.493 e. The van der Waals surface area contributed by atoms with E-state index in [1.54, 1.807) is 18.7 Å². The van der Waals surface area contributed by atoms with Crippen LogP contribution in [0.1, 0.15) is 31.9 Å². The fourth-order valence-electron chi connectivity index (χ4n) is 1.98. The standard InChI is InChI=1S/C16H21N3O3S/c1-4-8-22-13-6-5-12(10-14(13)21-3)11(2)18-15(20)19-16-17-7-9-23-16/h5-7,9-11H,4,8H2,1-3H3,(H2,17,18,19,20)/t11-/m0/s1. The summed E-state index contributed by atoms with van der Waals surface area (Å²) >= 11 is 1.37. The second kappa shape index (κ2) is 8.38. The van der Waals surface area contributed by atoms with Crippen LogP contribution in [0.15, 0.2) is 29.8 Å². The van der Waals surface area contributed by atoms with Crippen LogP contribution in [0, 0.1) is 0 Å². The van der Waals surface area contributed by atoms with Gasteiger partial charge in [0.15, 0.2) is 16.6 Å². The van der Waals surface area contributed by atoms with Crippen LogP contribution in [0.25, 0.3) is 0 Å². The van der Waals surface area contributed by atoms with Crippen LogP contribution in [0.4, 0.5) is 9.93 Å². The summed E-state index contributed by atoms with van der Waals surface area (Å²) in [7, 11) is 1.60. The topological polar surface area (TPSA) is 72.5 Å². The van der Waals surface area contributed by atoms with Crippen molar-refractivity contribution in [2.75, 3.05) is 19.0 Å². The Morgan fingerprint density at radius 2 is 2.22 bits per heavy atom. The maximum absolute atomic E-state index is 11.9. The minimum absolute atomic E-state index is 0.177. The minimum atomic E-state index is -0.294. The van der Waals surface area contributed by atoms with Gasteiger partial charge in [-0.1, -0.05) is 13.0 Å². The van der Waals surface area contributed by atoms with Gasteiger partial charge >= 0.3 is 6.03 Å². The Morgan fingerprint density at radius 3 is 2.87 bits per heavy atom. The number of ether oxygens (including phenoxy) is 2. The van der Waals surface area contributed by atoms with E-state index in [-0.39, 0.29) is 12.1 Å². The van der Waals surface area contributed by atoms with Crippen molar-refractivity contribution in [3.8, 4) is 11.5 Å². The Labute approximate surface area is 139 Å². The first-order valence-corrected chi connectivity index (χ1v) is 8.29. The molecule has 2 amide bonds. The predicted molar refractivity (Wildman–Crippen MR) is 91.5 cm³/mol. The average Bonchev–Trinajstić information content (AvgIpc) is 3.05. The molecule has 1 aromatic carbocycles. The summed E-state index contributed by atoms with van der Waals surface area (Å²) in [6.07, 6.45) is 2.57. The van der Waals surface area contributed by atoms with Crippen molar-refractivity contribution in [2.45, 2.75) is 26.3 Å². The quantitative estimate of drug-likeness (QED) is 0.807. The molecule has 0 fully saturated rings. The number of nitrogens with one attached hydrogen (secondary N) is 2. The summed E-state index contributed by atoms with van der Waals surface area (Å²) in [6, 6.07) is 5.18. The van der Waals surface area contributed by atoms with Crippen molar-refractivity contribution >= 4 is 22.5 Å². The molecular formula is C16H21N3O3S. The number of urea groups is 1. The third kappa shape index (κ3) is 4.85. The molecule has 0 aliphatic heterocycles. The summed E-state index contributed by atoms with van der Waals surface area (Å²) in [4.78, 5) is 16.0. The van der Waals surface area contributed by atoms with E-state index in [0.717, 1.165) is 12.0 Å². The Balaban J connectivity index is 2.00. The predicted octanol–water partition coefficient (Wildman–Crippen LogP) is 3.82. The molecule has 1 atom stereocenters. The number of nitrogens with zero attached hydrogens (tertiary/aromatic N) is 1. The van der Waals surface area contributed by atoms with Gasteiger partial charge < -0.3 is 14.8 Å². The fourth-order valence-corrected chi connectivity index (χ4v) is 2.51. The van der Waals surface area contributed by atoms with Crippen LogP contribution in [0.3, 0.4) is 0 Å². The van der Waals surface area contributed by atoms with Gasteiger partial charge in [-0.05, 0) is 31.0 Å². The van der Waals surface area contributed by atoms with Crippen molar-refractivity contribution in [3.05, 3.63) is 35.3 Å². The first-order valence-electron chi connectivity index (χ1n) is 7.41. The SMILES string of the molecule is CCCOc1ccc([C@H](C)NC(=O)Nc2nccs2)cc1OC. The first kappa shape index (κ1) is 17.1. The molecule has 0 aliphatic rings. The summed E-state index contributed by atoms with van der Waals surface area (Å²) in [5.41, 5.74) is 0.931. The van der Waals surface area contributed by atoms with Crippen LogP contribution in [-0.2, 0) is 0 Å². The zero-order valence-corrected chi connectivity index (χ0v) is 14.3. The molecule has 0 bridgehead atoms. The molecule has 6 nitrogen and oxygen atoms in total. The highest BCUT2D eigenvalue weighted by molar-refractivity contribution is 7.13. The van der Waals surface area contributed by atoms with Crippen LogP contribution < -0.4 is 20.1 Å². The smallest absolute Gasteiger partial charge is 0.321 e. The molecule has 1 heterocycles. The molecule has 2 aromatic rings. The molecule has 0 aliphatic carbocycles. The van der Waals surface area contributed by atoms with E-state index >= 15 is 0 Å².